The van der Waals surface area contributed by atoms with Gasteiger partial charge in [-0.25, -0.2) is 9.97 Å². The molecule has 1 N–H and O–H groups in total. The fourth-order valence-corrected chi connectivity index (χ4v) is 1.47. The van der Waals surface area contributed by atoms with Crippen LogP contribution in [0.2, 0.25) is 0 Å². The highest BCUT2D eigenvalue weighted by molar-refractivity contribution is 5.95. The first-order valence-corrected chi connectivity index (χ1v) is 4.50. The zero-order valence-electron chi connectivity index (χ0n) is 7.95. The predicted octanol–water partition coefficient (Wildman–Crippen LogP) is -0.479. The van der Waals surface area contributed by atoms with Crippen LogP contribution in [-0.2, 0) is 4.79 Å². The van der Waals surface area contributed by atoms with Crippen molar-refractivity contribution in [2.75, 3.05) is 24.5 Å². The Bertz CT molecular complexity index is 352. The molecule has 1 aliphatic rings. The summed E-state index contributed by atoms with van der Waals surface area (Å²) in [5.41, 5.74) is 1.57. The van der Waals surface area contributed by atoms with E-state index in [2.05, 4.69) is 21.6 Å². The fraction of sp³-hybridized carbons (Fsp3) is 0.444. The highest BCUT2D eigenvalue weighted by Crippen LogP contribution is 2.16. The number of carbonyl (C=O) groups is 1. The molecule has 14 heavy (non-hydrogen) atoms. The van der Waals surface area contributed by atoms with Gasteiger partial charge < -0.3 is 10.2 Å². The van der Waals surface area contributed by atoms with Crippen LogP contribution in [0.15, 0.2) is 6.20 Å². The summed E-state index contributed by atoms with van der Waals surface area (Å²) in [6, 6.07) is 0. The van der Waals surface area contributed by atoms with Gasteiger partial charge in [0.05, 0.1) is 24.1 Å². The first-order valence-electron chi connectivity index (χ1n) is 4.50. The van der Waals surface area contributed by atoms with E-state index in [0.717, 1.165) is 17.9 Å². The molecule has 0 atom stereocenters. The van der Waals surface area contributed by atoms with E-state index in [1.165, 1.54) is 0 Å². The van der Waals surface area contributed by atoms with Crippen LogP contribution in [0, 0.1) is 13.3 Å². The molecule has 0 aliphatic carbocycles. The third kappa shape index (κ3) is 1.58. The first kappa shape index (κ1) is 9.08. The maximum atomic E-state index is 11.5. The van der Waals surface area contributed by atoms with Crippen LogP contribution in [0.25, 0.3) is 0 Å². The number of anilines is 1. The van der Waals surface area contributed by atoms with Crippen molar-refractivity contribution in [3.8, 4) is 0 Å². The molecule has 1 radical (unpaired) electrons. The molecule has 1 aliphatic heterocycles. The van der Waals surface area contributed by atoms with Crippen molar-refractivity contribution >= 4 is 11.6 Å². The number of hydrogen-bond acceptors (Lipinski definition) is 4. The maximum Gasteiger partial charge on any atom is 0.241 e. The lowest BCUT2D eigenvalue weighted by Crippen LogP contribution is -2.48. The Labute approximate surface area is 82.2 Å². The van der Waals surface area contributed by atoms with Gasteiger partial charge in [0.2, 0.25) is 5.91 Å². The summed E-state index contributed by atoms with van der Waals surface area (Å²) in [5.74, 6) is 0.0640. The number of aromatic nitrogens is 2. The predicted molar refractivity (Wildman–Crippen MR) is 50.8 cm³/mol. The van der Waals surface area contributed by atoms with Crippen molar-refractivity contribution in [1.29, 1.82) is 0 Å². The molecule has 0 aromatic carbocycles. The number of nitrogens with one attached hydrogen (secondary N) is 1. The number of amides is 1. The summed E-state index contributed by atoms with van der Waals surface area (Å²) in [4.78, 5) is 21.0. The number of nitrogens with zero attached hydrogens (tertiary/aromatic N) is 3. The molecule has 1 aromatic heterocycles. The van der Waals surface area contributed by atoms with Crippen molar-refractivity contribution < 1.29 is 4.79 Å². The van der Waals surface area contributed by atoms with Crippen LogP contribution in [0.5, 0.6) is 0 Å². The number of aryl methyl sites for hydroxylation is 1. The minimum atomic E-state index is 0.0640. The smallest absolute Gasteiger partial charge is 0.241 e. The number of hydrogen-bond donors (Lipinski definition) is 1. The third-order valence-electron chi connectivity index (χ3n) is 2.21. The third-order valence-corrected chi connectivity index (χ3v) is 2.21. The van der Waals surface area contributed by atoms with Crippen LogP contribution in [0.1, 0.15) is 5.69 Å². The first-order chi connectivity index (χ1) is 6.79. The Kier molecular flexibility index (Phi) is 2.41. The molecule has 2 rings (SSSR count). The zero-order chi connectivity index (χ0) is 9.97. The van der Waals surface area contributed by atoms with Crippen LogP contribution in [0.3, 0.4) is 0 Å². The largest absolute Gasteiger partial charge is 0.307 e. The minimum absolute atomic E-state index is 0.0640. The average molecular weight is 191 g/mol. The van der Waals surface area contributed by atoms with Crippen molar-refractivity contribution in [3.05, 3.63) is 18.2 Å². The highest BCUT2D eigenvalue weighted by atomic mass is 16.2. The Morgan fingerprint density at radius 2 is 2.50 bits per heavy atom. The quantitative estimate of drug-likeness (QED) is 0.651. The number of piperazine rings is 1. The van der Waals surface area contributed by atoms with Crippen LogP contribution in [-0.4, -0.2) is 35.5 Å². The van der Waals surface area contributed by atoms with Gasteiger partial charge in [0.25, 0.3) is 0 Å². The van der Waals surface area contributed by atoms with Gasteiger partial charge in [-0.05, 0) is 6.92 Å². The summed E-state index contributed by atoms with van der Waals surface area (Å²) in [5, 5.41) is 3.01. The van der Waals surface area contributed by atoms with Gasteiger partial charge in [0, 0.05) is 13.1 Å². The summed E-state index contributed by atoms with van der Waals surface area (Å²) in [6.45, 7) is 3.72. The van der Waals surface area contributed by atoms with E-state index in [1.807, 2.05) is 6.92 Å². The van der Waals surface area contributed by atoms with Gasteiger partial charge in [0.15, 0.2) is 6.33 Å². The molecule has 5 nitrogen and oxygen atoms in total. The van der Waals surface area contributed by atoms with Gasteiger partial charge in [-0.15, -0.1) is 0 Å². The lowest BCUT2D eigenvalue weighted by molar-refractivity contribution is -0.118. The average Bonchev–Trinajstić information content (AvgIpc) is 2.20. The Hall–Kier alpha value is -1.49. The molecule has 0 unspecified atom stereocenters. The van der Waals surface area contributed by atoms with E-state index in [0.29, 0.717) is 13.1 Å². The van der Waals surface area contributed by atoms with Crippen LogP contribution < -0.4 is 10.2 Å². The summed E-state index contributed by atoms with van der Waals surface area (Å²) in [6.07, 6.45) is 4.13. The molecular weight excluding hydrogens is 180 g/mol. The van der Waals surface area contributed by atoms with E-state index < -0.39 is 0 Å². The molecule has 0 saturated carbocycles. The summed E-state index contributed by atoms with van der Waals surface area (Å²) in [7, 11) is 0. The van der Waals surface area contributed by atoms with Gasteiger partial charge in [-0.2, -0.15) is 0 Å². The Balaban J connectivity index is 2.29. The van der Waals surface area contributed by atoms with Gasteiger partial charge in [-0.1, -0.05) is 0 Å². The lowest BCUT2D eigenvalue weighted by Gasteiger charge is -2.27. The second-order valence-corrected chi connectivity index (χ2v) is 3.16. The molecule has 0 bridgehead atoms. The Morgan fingerprint density at radius 3 is 3.21 bits per heavy atom. The highest BCUT2D eigenvalue weighted by Gasteiger charge is 2.20. The van der Waals surface area contributed by atoms with E-state index >= 15 is 0 Å². The summed E-state index contributed by atoms with van der Waals surface area (Å²) < 4.78 is 0. The van der Waals surface area contributed by atoms with E-state index in [9.17, 15) is 4.79 Å². The lowest BCUT2D eigenvalue weighted by atomic mass is 10.2. The van der Waals surface area contributed by atoms with Crippen molar-refractivity contribution in [2.45, 2.75) is 6.92 Å². The number of carbonyl (C=O) groups excluding carboxylic acids is 1. The van der Waals surface area contributed by atoms with E-state index in [4.69, 9.17) is 0 Å². The van der Waals surface area contributed by atoms with Crippen LogP contribution in [0.4, 0.5) is 5.69 Å². The maximum absolute atomic E-state index is 11.5. The van der Waals surface area contributed by atoms with E-state index in [1.54, 1.807) is 11.1 Å². The van der Waals surface area contributed by atoms with E-state index in [-0.39, 0.29) is 5.91 Å². The minimum Gasteiger partial charge on any atom is -0.307 e. The molecule has 1 fully saturated rings. The molecule has 2 heterocycles. The van der Waals surface area contributed by atoms with Crippen molar-refractivity contribution in [2.24, 2.45) is 0 Å². The van der Waals surface area contributed by atoms with Gasteiger partial charge >= 0.3 is 0 Å². The SMILES string of the molecule is Cc1n[c]ncc1N1CCNCC1=O. The topological polar surface area (TPSA) is 58.1 Å². The molecule has 1 aromatic rings. The van der Waals surface area contributed by atoms with Gasteiger partial charge in [0.1, 0.15) is 0 Å². The monoisotopic (exact) mass is 191 g/mol. The molecule has 73 valence electrons. The van der Waals surface area contributed by atoms with Crippen molar-refractivity contribution in [1.82, 2.24) is 15.3 Å². The molecule has 1 amide bonds. The van der Waals surface area contributed by atoms with Crippen LogP contribution >= 0.6 is 0 Å². The van der Waals surface area contributed by atoms with Gasteiger partial charge in [-0.3, -0.25) is 4.79 Å². The van der Waals surface area contributed by atoms with Crippen molar-refractivity contribution in [3.63, 3.8) is 0 Å². The molecular formula is C9H11N4O. The standard InChI is InChI=1S/C9H11N4O/c1-7-8(4-11-6-12-7)13-3-2-10-5-9(13)14/h4,10H,2-3,5H2,1H3. The second kappa shape index (κ2) is 3.71. The summed E-state index contributed by atoms with van der Waals surface area (Å²) >= 11 is 0. The molecule has 5 heteroatoms. The molecule has 0 spiro atoms. The Morgan fingerprint density at radius 1 is 1.64 bits per heavy atom. The normalized spacial score (nSPS) is 17.2. The second-order valence-electron chi connectivity index (χ2n) is 3.16. The molecule has 1 saturated heterocycles. The fourth-order valence-electron chi connectivity index (χ4n) is 1.47. The zero-order valence-corrected chi connectivity index (χ0v) is 7.95. The number of rotatable bonds is 1.